The lowest BCUT2D eigenvalue weighted by atomic mass is 10.2. The van der Waals surface area contributed by atoms with Crippen LogP contribution >= 0.6 is 0 Å². The van der Waals surface area contributed by atoms with Gasteiger partial charge in [-0.15, -0.1) is 0 Å². The van der Waals surface area contributed by atoms with Crippen molar-refractivity contribution in [3.05, 3.63) is 0 Å². The van der Waals surface area contributed by atoms with Gasteiger partial charge in [-0.05, 0) is 6.92 Å². The average molecular weight is 392 g/mol. The third-order valence-electron chi connectivity index (χ3n) is 5.38. The number of carbonyl (C=O) groups is 1. The summed E-state index contributed by atoms with van der Waals surface area (Å²) < 4.78 is 38.5. The smallest absolute Gasteiger partial charge is 0.355 e. The van der Waals surface area contributed by atoms with E-state index in [4.69, 9.17) is 0 Å². The van der Waals surface area contributed by atoms with Crippen LogP contribution in [-0.4, -0.2) is 116 Å². The molecule has 2 rings (SSSR count). The van der Waals surface area contributed by atoms with E-state index in [-0.39, 0.29) is 5.91 Å². The van der Waals surface area contributed by atoms with Crippen molar-refractivity contribution in [1.29, 1.82) is 0 Å². The van der Waals surface area contributed by atoms with E-state index in [1.165, 1.54) is 11.8 Å². The van der Waals surface area contributed by atoms with Gasteiger partial charge in [0, 0.05) is 79.4 Å². The van der Waals surface area contributed by atoms with Crippen LogP contribution in [0.2, 0.25) is 0 Å². The molecule has 0 spiro atoms. The zero-order chi connectivity index (χ0) is 20.0. The molecule has 2 aliphatic heterocycles. The number of nitrogens with one attached hydrogen (secondary N) is 1. The third-order valence-corrected chi connectivity index (χ3v) is 5.38. The number of aliphatic imine (C=N–C) groups is 1. The van der Waals surface area contributed by atoms with Gasteiger partial charge in [-0.1, -0.05) is 0 Å². The first kappa shape index (κ1) is 21.7. The highest BCUT2D eigenvalue weighted by Crippen LogP contribution is 2.25. The first-order chi connectivity index (χ1) is 12.7. The summed E-state index contributed by atoms with van der Waals surface area (Å²) in [5.74, 6) is 0.851. The van der Waals surface area contributed by atoms with E-state index < -0.39 is 12.2 Å². The van der Waals surface area contributed by atoms with Crippen LogP contribution in [0.4, 0.5) is 13.2 Å². The minimum atomic E-state index is -4.19. The molecule has 0 aromatic carbocycles. The standard InChI is InChI=1S/C17H31F3N6O/c1-14(17(18,19)20)24-10-12-26(13-11-24)16(21-3)22-4-5-23-6-8-25(9-7-23)15(2)27/h14H,4-13H2,1-3H3,(H,21,22). The van der Waals surface area contributed by atoms with E-state index in [0.29, 0.717) is 32.7 Å². The molecule has 2 saturated heterocycles. The van der Waals surface area contributed by atoms with Crippen LogP contribution in [-0.2, 0) is 4.79 Å². The molecule has 1 atom stereocenters. The second-order valence-electron chi connectivity index (χ2n) is 7.06. The van der Waals surface area contributed by atoms with Crippen molar-refractivity contribution < 1.29 is 18.0 Å². The second kappa shape index (κ2) is 9.59. The van der Waals surface area contributed by atoms with Crippen molar-refractivity contribution in [2.24, 2.45) is 4.99 Å². The SMILES string of the molecule is CN=C(NCCN1CCN(C(C)=O)CC1)N1CCN(C(C)C(F)(F)F)CC1. The fourth-order valence-corrected chi connectivity index (χ4v) is 3.47. The first-order valence-corrected chi connectivity index (χ1v) is 9.46. The van der Waals surface area contributed by atoms with Gasteiger partial charge in [-0.2, -0.15) is 13.2 Å². The Bertz CT molecular complexity index is 511. The van der Waals surface area contributed by atoms with Gasteiger partial charge in [0.15, 0.2) is 5.96 Å². The quantitative estimate of drug-likeness (QED) is 0.551. The number of alkyl halides is 3. The van der Waals surface area contributed by atoms with Crippen molar-refractivity contribution in [3.8, 4) is 0 Å². The number of rotatable bonds is 4. The normalized spacial score (nSPS) is 22.1. The molecule has 1 unspecified atom stereocenters. The summed E-state index contributed by atoms with van der Waals surface area (Å²) in [5.41, 5.74) is 0. The topological polar surface area (TPSA) is 54.4 Å². The Hall–Kier alpha value is -1.55. The van der Waals surface area contributed by atoms with Gasteiger partial charge in [-0.25, -0.2) is 0 Å². The summed E-state index contributed by atoms with van der Waals surface area (Å²) in [6.07, 6.45) is -4.19. The number of hydrogen-bond acceptors (Lipinski definition) is 4. The highest BCUT2D eigenvalue weighted by Gasteiger charge is 2.41. The summed E-state index contributed by atoms with van der Waals surface area (Å²) in [5, 5.41) is 3.31. The molecule has 7 nitrogen and oxygen atoms in total. The van der Waals surface area contributed by atoms with Gasteiger partial charge < -0.3 is 15.1 Å². The molecule has 0 aliphatic carbocycles. The van der Waals surface area contributed by atoms with Gasteiger partial charge in [0.1, 0.15) is 6.04 Å². The van der Waals surface area contributed by atoms with Crippen molar-refractivity contribution in [3.63, 3.8) is 0 Å². The minimum Gasteiger partial charge on any atom is -0.355 e. The molecule has 27 heavy (non-hydrogen) atoms. The largest absolute Gasteiger partial charge is 0.403 e. The maximum atomic E-state index is 12.8. The Balaban J connectivity index is 1.70. The lowest BCUT2D eigenvalue weighted by Gasteiger charge is -2.40. The van der Waals surface area contributed by atoms with Crippen molar-refractivity contribution in [1.82, 2.24) is 24.9 Å². The molecule has 0 radical (unpaired) electrons. The lowest BCUT2D eigenvalue weighted by Crippen LogP contribution is -2.57. The zero-order valence-electron chi connectivity index (χ0n) is 16.4. The predicted molar refractivity (Wildman–Crippen MR) is 98.7 cm³/mol. The molecule has 2 heterocycles. The maximum absolute atomic E-state index is 12.8. The Morgan fingerprint density at radius 2 is 1.59 bits per heavy atom. The molecule has 0 aromatic heterocycles. The van der Waals surface area contributed by atoms with Gasteiger partial charge >= 0.3 is 6.18 Å². The molecule has 1 N–H and O–H groups in total. The van der Waals surface area contributed by atoms with Crippen molar-refractivity contribution >= 4 is 11.9 Å². The van der Waals surface area contributed by atoms with Gasteiger partial charge in [0.25, 0.3) is 0 Å². The molecular weight excluding hydrogens is 361 g/mol. The Kier molecular flexibility index (Phi) is 7.72. The van der Waals surface area contributed by atoms with Crippen LogP contribution in [0.25, 0.3) is 0 Å². The highest BCUT2D eigenvalue weighted by atomic mass is 19.4. The van der Waals surface area contributed by atoms with Gasteiger partial charge in [0.05, 0.1) is 0 Å². The van der Waals surface area contributed by atoms with Crippen LogP contribution in [0.1, 0.15) is 13.8 Å². The predicted octanol–water partition coefficient (Wildman–Crippen LogP) is 0.294. The molecule has 2 fully saturated rings. The minimum absolute atomic E-state index is 0.118. The van der Waals surface area contributed by atoms with E-state index >= 15 is 0 Å². The summed E-state index contributed by atoms with van der Waals surface area (Å²) >= 11 is 0. The van der Waals surface area contributed by atoms with Crippen LogP contribution in [0.3, 0.4) is 0 Å². The van der Waals surface area contributed by atoms with E-state index in [1.54, 1.807) is 14.0 Å². The summed E-state index contributed by atoms with van der Waals surface area (Å²) in [4.78, 5) is 23.2. The number of piperazine rings is 2. The fraction of sp³-hybridized carbons (Fsp3) is 0.882. The number of nitrogens with zero attached hydrogens (tertiary/aromatic N) is 5. The van der Waals surface area contributed by atoms with E-state index in [9.17, 15) is 18.0 Å². The number of amides is 1. The van der Waals surface area contributed by atoms with Crippen LogP contribution in [0.15, 0.2) is 4.99 Å². The summed E-state index contributed by atoms with van der Waals surface area (Å²) in [6.45, 7) is 9.37. The molecule has 10 heteroatoms. The lowest BCUT2D eigenvalue weighted by molar-refractivity contribution is -0.181. The van der Waals surface area contributed by atoms with Crippen LogP contribution in [0.5, 0.6) is 0 Å². The summed E-state index contributed by atoms with van der Waals surface area (Å²) in [6, 6.07) is -1.41. The molecule has 0 aromatic rings. The molecule has 1 amide bonds. The highest BCUT2D eigenvalue weighted by molar-refractivity contribution is 5.80. The Morgan fingerprint density at radius 1 is 1.04 bits per heavy atom. The monoisotopic (exact) mass is 392 g/mol. The molecule has 0 saturated carbocycles. The molecule has 156 valence electrons. The third kappa shape index (κ3) is 6.24. The summed E-state index contributed by atoms with van der Waals surface area (Å²) in [7, 11) is 1.69. The van der Waals surface area contributed by atoms with E-state index in [1.807, 2.05) is 9.80 Å². The number of guanidine groups is 1. The van der Waals surface area contributed by atoms with E-state index in [2.05, 4.69) is 15.2 Å². The fourth-order valence-electron chi connectivity index (χ4n) is 3.47. The Labute approximate surface area is 159 Å². The maximum Gasteiger partial charge on any atom is 0.403 e. The Morgan fingerprint density at radius 3 is 2.07 bits per heavy atom. The molecule has 0 bridgehead atoms. The first-order valence-electron chi connectivity index (χ1n) is 9.46. The average Bonchev–Trinajstić information content (AvgIpc) is 2.64. The van der Waals surface area contributed by atoms with Crippen molar-refractivity contribution in [2.45, 2.75) is 26.1 Å². The van der Waals surface area contributed by atoms with Gasteiger partial charge in [-0.3, -0.25) is 19.6 Å². The number of carbonyl (C=O) groups excluding carboxylic acids is 1. The number of hydrogen-bond donors (Lipinski definition) is 1. The number of halogens is 3. The van der Waals surface area contributed by atoms with E-state index in [0.717, 1.165) is 38.7 Å². The van der Waals surface area contributed by atoms with Crippen molar-refractivity contribution in [2.75, 3.05) is 72.5 Å². The molecular formula is C17H31F3N6O. The van der Waals surface area contributed by atoms with Crippen LogP contribution < -0.4 is 5.32 Å². The molecule has 2 aliphatic rings. The van der Waals surface area contributed by atoms with Crippen LogP contribution in [0, 0.1) is 0 Å². The second-order valence-corrected chi connectivity index (χ2v) is 7.06. The zero-order valence-corrected chi connectivity index (χ0v) is 16.4. The van der Waals surface area contributed by atoms with Gasteiger partial charge in [0.2, 0.25) is 5.91 Å².